The quantitative estimate of drug-likeness (QED) is 0.824. The summed E-state index contributed by atoms with van der Waals surface area (Å²) in [6, 6.07) is 1.26. The molecule has 1 aromatic heterocycles. The Balaban J connectivity index is 2.06. The molecule has 1 fully saturated rings. The van der Waals surface area contributed by atoms with Gasteiger partial charge in [-0.15, -0.1) is 0 Å². The van der Waals surface area contributed by atoms with Crippen LogP contribution in [0.15, 0.2) is 17.2 Å². The highest BCUT2D eigenvalue weighted by Gasteiger charge is 2.35. The van der Waals surface area contributed by atoms with Crippen LogP contribution >= 0.6 is 0 Å². The van der Waals surface area contributed by atoms with Crippen LogP contribution in [0.1, 0.15) is 13.3 Å². The standard InChI is InChI=1S/C14H19F3N4O3/c1-9(5-14(15,16)17)13(24)21-3-2-20(6-10(22)7-21)11-4-12(23)19-8-18-11/h4,8-10,22H,2-3,5-7H2,1H3,(H,18,19,23)/t9-,10?/m1/s1. The molecule has 1 saturated heterocycles. The molecule has 24 heavy (non-hydrogen) atoms. The molecule has 0 saturated carbocycles. The number of aliphatic hydroxyl groups is 1. The Morgan fingerprint density at radius 2 is 2.17 bits per heavy atom. The zero-order valence-corrected chi connectivity index (χ0v) is 13.1. The van der Waals surface area contributed by atoms with E-state index < -0.39 is 30.5 Å². The predicted molar refractivity (Wildman–Crippen MR) is 79.5 cm³/mol. The number of halogens is 3. The molecule has 2 heterocycles. The molecule has 2 rings (SSSR count). The third-order valence-corrected chi connectivity index (χ3v) is 3.76. The van der Waals surface area contributed by atoms with E-state index in [1.807, 2.05) is 0 Å². The normalized spacial score (nSPS) is 20.6. The molecule has 0 aliphatic carbocycles. The molecule has 0 aromatic carbocycles. The number of rotatable bonds is 3. The molecule has 0 spiro atoms. The molecule has 2 N–H and O–H groups in total. The Morgan fingerprint density at radius 3 is 2.79 bits per heavy atom. The summed E-state index contributed by atoms with van der Waals surface area (Å²) in [6.07, 6.45) is -5.34. The van der Waals surface area contributed by atoms with Gasteiger partial charge in [-0.3, -0.25) is 9.59 Å². The largest absolute Gasteiger partial charge is 0.389 e. The summed E-state index contributed by atoms with van der Waals surface area (Å²) < 4.78 is 37.3. The van der Waals surface area contributed by atoms with Crippen LogP contribution in [-0.2, 0) is 4.79 Å². The van der Waals surface area contributed by atoms with E-state index in [9.17, 15) is 27.9 Å². The van der Waals surface area contributed by atoms with Crippen molar-refractivity contribution in [2.24, 2.45) is 5.92 Å². The van der Waals surface area contributed by atoms with E-state index in [1.165, 1.54) is 24.2 Å². The van der Waals surface area contributed by atoms with Crippen LogP contribution in [0.3, 0.4) is 0 Å². The Labute approximate surface area is 136 Å². The SMILES string of the molecule is C[C@H](CC(F)(F)F)C(=O)N1CCN(c2cc(=O)[nH]cn2)CC(O)C1. The molecule has 0 bridgehead atoms. The summed E-state index contributed by atoms with van der Waals surface area (Å²) in [7, 11) is 0. The third kappa shape index (κ3) is 4.95. The lowest BCUT2D eigenvalue weighted by atomic mass is 10.1. The van der Waals surface area contributed by atoms with Crippen molar-refractivity contribution in [1.82, 2.24) is 14.9 Å². The van der Waals surface area contributed by atoms with E-state index in [0.29, 0.717) is 5.82 Å². The van der Waals surface area contributed by atoms with Gasteiger partial charge in [-0.05, 0) is 0 Å². The summed E-state index contributed by atoms with van der Waals surface area (Å²) in [5.74, 6) is -1.51. The van der Waals surface area contributed by atoms with Crippen molar-refractivity contribution in [2.45, 2.75) is 25.6 Å². The molecule has 2 atom stereocenters. The fourth-order valence-corrected chi connectivity index (χ4v) is 2.68. The van der Waals surface area contributed by atoms with Gasteiger partial charge in [-0.2, -0.15) is 13.2 Å². The maximum absolute atomic E-state index is 12.4. The van der Waals surface area contributed by atoms with Gasteiger partial charge in [-0.1, -0.05) is 6.92 Å². The van der Waals surface area contributed by atoms with Crippen molar-refractivity contribution in [3.05, 3.63) is 22.7 Å². The number of hydrogen-bond donors (Lipinski definition) is 2. The second kappa shape index (κ2) is 7.20. The van der Waals surface area contributed by atoms with Crippen molar-refractivity contribution in [3.63, 3.8) is 0 Å². The molecule has 0 radical (unpaired) electrons. The lowest BCUT2D eigenvalue weighted by Gasteiger charge is -2.25. The van der Waals surface area contributed by atoms with Gasteiger partial charge in [0.25, 0.3) is 5.56 Å². The summed E-state index contributed by atoms with van der Waals surface area (Å²) in [5.41, 5.74) is -0.356. The predicted octanol–water partition coefficient (Wildman–Crippen LogP) is 0.368. The molecule has 134 valence electrons. The highest BCUT2D eigenvalue weighted by atomic mass is 19.4. The first kappa shape index (κ1) is 18.2. The lowest BCUT2D eigenvalue weighted by Crippen LogP contribution is -2.41. The summed E-state index contributed by atoms with van der Waals surface area (Å²) >= 11 is 0. The first-order chi connectivity index (χ1) is 11.2. The van der Waals surface area contributed by atoms with E-state index in [1.54, 1.807) is 4.90 Å². The highest BCUT2D eigenvalue weighted by molar-refractivity contribution is 5.78. The van der Waals surface area contributed by atoms with Gasteiger partial charge in [-0.25, -0.2) is 4.98 Å². The van der Waals surface area contributed by atoms with Crippen LogP contribution in [-0.4, -0.2) is 64.3 Å². The van der Waals surface area contributed by atoms with Gasteiger partial charge in [0.1, 0.15) is 5.82 Å². The molecule has 1 amide bonds. The zero-order chi connectivity index (χ0) is 17.9. The smallest absolute Gasteiger partial charge is 0.389 e. The number of H-pyrrole nitrogens is 1. The van der Waals surface area contributed by atoms with Gasteiger partial charge in [0.05, 0.1) is 18.9 Å². The van der Waals surface area contributed by atoms with E-state index in [4.69, 9.17) is 0 Å². The minimum atomic E-state index is -4.42. The van der Waals surface area contributed by atoms with E-state index >= 15 is 0 Å². The number of hydrogen-bond acceptors (Lipinski definition) is 5. The van der Waals surface area contributed by atoms with Crippen molar-refractivity contribution in [1.29, 1.82) is 0 Å². The topological polar surface area (TPSA) is 89.5 Å². The van der Waals surface area contributed by atoms with Crippen molar-refractivity contribution in [3.8, 4) is 0 Å². The summed E-state index contributed by atoms with van der Waals surface area (Å²) in [5, 5.41) is 10.1. The molecule has 1 unspecified atom stereocenters. The molecule has 1 aliphatic heterocycles. The minimum Gasteiger partial charge on any atom is -0.389 e. The van der Waals surface area contributed by atoms with E-state index in [0.717, 1.165) is 0 Å². The number of aromatic nitrogens is 2. The van der Waals surface area contributed by atoms with E-state index in [-0.39, 0.29) is 31.7 Å². The minimum absolute atomic E-state index is 0.0548. The Kier molecular flexibility index (Phi) is 5.47. The average Bonchev–Trinajstić information content (AvgIpc) is 2.66. The summed E-state index contributed by atoms with van der Waals surface area (Å²) in [4.78, 5) is 32.8. The van der Waals surface area contributed by atoms with Crippen LogP contribution in [0.5, 0.6) is 0 Å². The summed E-state index contributed by atoms with van der Waals surface area (Å²) in [6.45, 7) is 1.71. The second-order valence-corrected chi connectivity index (χ2v) is 5.87. The molecule has 7 nitrogen and oxygen atoms in total. The molecular formula is C14H19F3N4O3. The Hall–Kier alpha value is -2.10. The number of alkyl halides is 3. The number of amides is 1. The number of anilines is 1. The second-order valence-electron chi connectivity index (χ2n) is 5.87. The van der Waals surface area contributed by atoms with Crippen LogP contribution in [0, 0.1) is 5.92 Å². The van der Waals surface area contributed by atoms with Gasteiger partial charge in [0.2, 0.25) is 5.91 Å². The molecular weight excluding hydrogens is 329 g/mol. The van der Waals surface area contributed by atoms with Gasteiger partial charge in [0, 0.05) is 38.2 Å². The van der Waals surface area contributed by atoms with Gasteiger partial charge < -0.3 is 19.9 Å². The third-order valence-electron chi connectivity index (χ3n) is 3.76. The number of carbonyl (C=O) groups excluding carboxylic acids is 1. The van der Waals surface area contributed by atoms with Crippen molar-refractivity contribution in [2.75, 3.05) is 31.1 Å². The molecule has 1 aromatic rings. The number of nitrogens with one attached hydrogen (secondary N) is 1. The number of aliphatic hydroxyl groups excluding tert-OH is 1. The fraction of sp³-hybridized carbons (Fsp3) is 0.643. The molecule has 10 heteroatoms. The first-order valence-corrected chi connectivity index (χ1v) is 7.49. The van der Waals surface area contributed by atoms with Crippen molar-refractivity contribution < 1.29 is 23.1 Å². The monoisotopic (exact) mass is 348 g/mol. The van der Waals surface area contributed by atoms with Crippen LogP contribution in [0.4, 0.5) is 19.0 Å². The number of aromatic amines is 1. The molecule has 1 aliphatic rings. The maximum atomic E-state index is 12.4. The lowest BCUT2D eigenvalue weighted by molar-refractivity contribution is -0.158. The first-order valence-electron chi connectivity index (χ1n) is 7.49. The Morgan fingerprint density at radius 1 is 1.46 bits per heavy atom. The maximum Gasteiger partial charge on any atom is 0.389 e. The van der Waals surface area contributed by atoms with E-state index in [2.05, 4.69) is 9.97 Å². The number of nitrogens with zero attached hydrogens (tertiary/aromatic N) is 3. The van der Waals surface area contributed by atoms with Gasteiger partial charge >= 0.3 is 6.18 Å². The van der Waals surface area contributed by atoms with Crippen LogP contribution < -0.4 is 10.5 Å². The highest BCUT2D eigenvalue weighted by Crippen LogP contribution is 2.26. The fourth-order valence-electron chi connectivity index (χ4n) is 2.68. The number of carbonyl (C=O) groups is 1. The zero-order valence-electron chi connectivity index (χ0n) is 13.1. The van der Waals surface area contributed by atoms with Crippen LogP contribution in [0.25, 0.3) is 0 Å². The van der Waals surface area contributed by atoms with Crippen LogP contribution in [0.2, 0.25) is 0 Å². The number of β-amino-alcohol motifs (C(OH)–C–C–N with tert-alkyl or cyclic N) is 1. The Bertz CT molecular complexity index is 634. The van der Waals surface area contributed by atoms with Gasteiger partial charge in [0.15, 0.2) is 0 Å². The average molecular weight is 348 g/mol. The van der Waals surface area contributed by atoms with Crippen molar-refractivity contribution >= 4 is 11.7 Å².